The summed E-state index contributed by atoms with van der Waals surface area (Å²) in [5.74, 6) is -0.207. The van der Waals surface area contributed by atoms with E-state index in [1.807, 2.05) is 30.3 Å². The van der Waals surface area contributed by atoms with Gasteiger partial charge in [0.2, 0.25) is 5.91 Å². The summed E-state index contributed by atoms with van der Waals surface area (Å²) in [7, 11) is 0. The minimum Gasteiger partial charge on any atom is -0.355 e. The number of halogens is 2. The van der Waals surface area contributed by atoms with Crippen LogP contribution in [0.5, 0.6) is 0 Å². The molecule has 2 nitrogen and oxygen atoms in total. The molecular formula is C16H15ClFNOS. The van der Waals surface area contributed by atoms with Crippen molar-refractivity contribution < 1.29 is 9.18 Å². The fraction of sp³-hybridized carbons (Fsp3) is 0.188. The van der Waals surface area contributed by atoms with Crippen molar-refractivity contribution >= 4 is 29.3 Å². The molecule has 0 aliphatic heterocycles. The van der Waals surface area contributed by atoms with Gasteiger partial charge in [0.15, 0.2) is 0 Å². The first-order valence-electron chi connectivity index (χ1n) is 6.53. The van der Waals surface area contributed by atoms with Crippen molar-refractivity contribution in [1.82, 2.24) is 5.32 Å². The van der Waals surface area contributed by atoms with Crippen LogP contribution in [0.1, 0.15) is 5.56 Å². The van der Waals surface area contributed by atoms with Gasteiger partial charge in [0.05, 0.1) is 10.8 Å². The van der Waals surface area contributed by atoms with E-state index in [9.17, 15) is 9.18 Å². The highest BCUT2D eigenvalue weighted by Gasteiger charge is 2.05. The van der Waals surface area contributed by atoms with Crippen molar-refractivity contribution in [2.24, 2.45) is 0 Å². The highest BCUT2D eigenvalue weighted by molar-refractivity contribution is 8.00. The van der Waals surface area contributed by atoms with E-state index >= 15 is 0 Å². The van der Waals surface area contributed by atoms with Crippen LogP contribution in [-0.2, 0) is 11.2 Å². The molecule has 0 saturated heterocycles. The molecule has 2 aromatic carbocycles. The molecule has 2 rings (SSSR count). The highest BCUT2D eigenvalue weighted by atomic mass is 35.5. The summed E-state index contributed by atoms with van der Waals surface area (Å²) in [4.78, 5) is 12.5. The third kappa shape index (κ3) is 5.40. The summed E-state index contributed by atoms with van der Waals surface area (Å²) in [5, 5.41) is 2.93. The smallest absolute Gasteiger partial charge is 0.230 e. The van der Waals surface area contributed by atoms with Crippen LogP contribution in [0.25, 0.3) is 0 Å². The largest absolute Gasteiger partial charge is 0.355 e. The molecule has 110 valence electrons. The zero-order chi connectivity index (χ0) is 15.1. The second-order valence-corrected chi connectivity index (χ2v) is 5.91. The fourth-order valence-electron chi connectivity index (χ4n) is 1.76. The number of nitrogens with one attached hydrogen (secondary N) is 1. The van der Waals surface area contributed by atoms with Gasteiger partial charge >= 0.3 is 0 Å². The predicted octanol–water partition coefficient (Wildman–Crippen LogP) is 3.93. The molecule has 0 heterocycles. The van der Waals surface area contributed by atoms with E-state index in [4.69, 9.17) is 11.6 Å². The van der Waals surface area contributed by atoms with Gasteiger partial charge in [-0.2, -0.15) is 0 Å². The maximum Gasteiger partial charge on any atom is 0.230 e. The van der Waals surface area contributed by atoms with Crippen molar-refractivity contribution in [3.05, 3.63) is 64.9 Å². The Balaban J connectivity index is 1.71. The molecule has 0 radical (unpaired) electrons. The minimum absolute atomic E-state index is 0.0450. The van der Waals surface area contributed by atoms with Crippen LogP contribution in [0, 0.1) is 5.82 Å². The zero-order valence-corrected chi connectivity index (χ0v) is 12.9. The molecule has 0 aliphatic carbocycles. The third-order valence-corrected chi connectivity index (χ3v) is 4.12. The van der Waals surface area contributed by atoms with Gasteiger partial charge in [0, 0.05) is 11.4 Å². The average Bonchev–Trinajstić information content (AvgIpc) is 2.49. The van der Waals surface area contributed by atoms with E-state index in [0.717, 1.165) is 11.3 Å². The van der Waals surface area contributed by atoms with E-state index in [1.54, 1.807) is 6.07 Å². The summed E-state index contributed by atoms with van der Waals surface area (Å²) in [6.07, 6.45) is 0.805. The molecule has 21 heavy (non-hydrogen) atoms. The minimum atomic E-state index is -0.451. The summed E-state index contributed by atoms with van der Waals surface area (Å²) in [6.45, 7) is 0.605. The maximum absolute atomic E-state index is 13.0. The van der Waals surface area contributed by atoms with Gasteiger partial charge in [-0.05, 0) is 30.2 Å². The number of rotatable bonds is 6. The van der Waals surface area contributed by atoms with Gasteiger partial charge in [-0.1, -0.05) is 41.9 Å². The first-order valence-corrected chi connectivity index (χ1v) is 7.90. The van der Waals surface area contributed by atoms with Gasteiger partial charge in [0.1, 0.15) is 5.82 Å². The zero-order valence-electron chi connectivity index (χ0n) is 11.3. The lowest BCUT2D eigenvalue weighted by molar-refractivity contribution is -0.118. The van der Waals surface area contributed by atoms with E-state index in [2.05, 4.69) is 5.32 Å². The molecule has 0 spiro atoms. The lowest BCUT2D eigenvalue weighted by Crippen LogP contribution is -2.27. The topological polar surface area (TPSA) is 29.1 Å². The Morgan fingerprint density at radius 1 is 1.19 bits per heavy atom. The lowest BCUT2D eigenvalue weighted by Gasteiger charge is -2.06. The summed E-state index contributed by atoms with van der Waals surface area (Å²) in [5.41, 5.74) is 1.19. The van der Waals surface area contributed by atoms with Gasteiger partial charge in [-0.25, -0.2) is 4.39 Å². The van der Waals surface area contributed by atoms with Gasteiger partial charge in [-0.3, -0.25) is 4.79 Å². The van der Waals surface area contributed by atoms with Crippen LogP contribution in [-0.4, -0.2) is 18.2 Å². The Labute approximate surface area is 132 Å². The Bertz CT molecular complexity index is 606. The standard InChI is InChI=1S/C16H15ClFNOS/c17-14-10-13(6-7-15(14)18)21-11-16(20)19-9-8-12-4-2-1-3-5-12/h1-7,10H,8-9,11H2,(H,19,20). The Morgan fingerprint density at radius 2 is 1.95 bits per heavy atom. The number of thioether (sulfide) groups is 1. The fourth-order valence-corrected chi connectivity index (χ4v) is 2.77. The quantitative estimate of drug-likeness (QED) is 0.816. The maximum atomic E-state index is 13.0. The van der Waals surface area contributed by atoms with Crippen molar-refractivity contribution in [3.63, 3.8) is 0 Å². The van der Waals surface area contributed by atoms with Gasteiger partial charge < -0.3 is 5.32 Å². The molecule has 0 fully saturated rings. The van der Waals surface area contributed by atoms with Crippen LogP contribution < -0.4 is 5.32 Å². The predicted molar refractivity (Wildman–Crippen MR) is 85.3 cm³/mol. The number of hydrogen-bond donors (Lipinski definition) is 1. The number of benzene rings is 2. The van der Waals surface area contributed by atoms with Gasteiger partial charge in [-0.15, -0.1) is 11.8 Å². The molecular weight excluding hydrogens is 309 g/mol. The molecule has 0 aromatic heterocycles. The Morgan fingerprint density at radius 3 is 2.67 bits per heavy atom. The Hall–Kier alpha value is -1.52. The summed E-state index contributed by atoms with van der Waals surface area (Å²) >= 11 is 7.03. The van der Waals surface area contributed by atoms with E-state index in [0.29, 0.717) is 6.54 Å². The monoisotopic (exact) mass is 323 g/mol. The number of amides is 1. The SMILES string of the molecule is O=C(CSc1ccc(F)c(Cl)c1)NCCc1ccccc1. The first kappa shape index (κ1) is 15.9. The molecule has 2 aromatic rings. The van der Waals surface area contributed by atoms with E-state index < -0.39 is 5.82 Å². The highest BCUT2D eigenvalue weighted by Crippen LogP contribution is 2.23. The lowest BCUT2D eigenvalue weighted by atomic mass is 10.1. The first-order chi connectivity index (χ1) is 10.1. The van der Waals surface area contributed by atoms with E-state index in [-0.39, 0.29) is 16.7 Å². The third-order valence-electron chi connectivity index (χ3n) is 2.84. The molecule has 0 atom stereocenters. The van der Waals surface area contributed by atoms with Crippen molar-refractivity contribution in [1.29, 1.82) is 0 Å². The molecule has 1 N–H and O–H groups in total. The number of carbonyl (C=O) groups is 1. The van der Waals surface area contributed by atoms with Crippen molar-refractivity contribution in [2.75, 3.05) is 12.3 Å². The molecule has 0 saturated carbocycles. The average molecular weight is 324 g/mol. The van der Waals surface area contributed by atoms with Crippen molar-refractivity contribution in [3.8, 4) is 0 Å². The molecule has 1 amide bonds. The molecule has 0 unspecified atom stereocenters. The molecule has 0 bridgehead atoms. The normalized spacial score (nSPS) is 10.4. The summed E-state index contributed by atoms with van der Waals surface area (Å²) < 4.78 is 13.0. The number of carbonyl (C=O) groups excluding carboxylic acids is 1. The van der Waals surface area contributed by atoms with Crippen LogP contribution in [0.15, 0.2) is 53.4 Å². The molecule has 5 heteroatoms. The molecule has 0 aliphatic rings. The van der Waals surface area contributed by atoms with Crippen LogP contribution in [0.4, 0.5) is 4.39 Å². The number of hydrogen-bond acceptors (Lipinski definition) is 2. The second kappa shape index (κ2) is 8.05. The summed E-state index contributed by atoms with van der Waals surface area (Å²) in [6, 6.07) is 14.4. The second-order valence-electron chi connectivity index (χ2n) is 4.45. The van der Waals surface area contributed by atoms with Crippen molar-refractivity contribution in [2.45, 2.75) is 11.3 Å². The van der Waals surface area contributed by atoms with Gasteiger partial charge in [0.25, 0.3) is 0 Å². The van der Waals surface area contributed by atoms with E-state index in [1.165, 1.54) is 29.5 Å². The van der Waals surface area contributed by atoms with Crippen LogP contribution >= 0.6 is 23.4 Å². The van der Waals surface area contributed by atoms with Crippen LogP contribution in [0.2, 0.25) is 5.02 Å². The van der Waals surface area contributed by atoms with Crippen LogP contribution in [0.3, 0.4) is 0 Å². The Kier molecular flexibility index (Phi) is 6.08.